The summed E-state index contributed by atoms with van der Waals surface area (Å²) in [6, 6.07) is 0. The quantitative estimate of drug-likeness (QED) is 0.544. The lowest BCUT2D eigenvalue weighted by molar-refractivity contribution is 0.329. The van der Waals surface area contributed by atoms with Crippen LogP contribution < -0.4 is 0 Å². The zero-order chi connectivity index (χ0) is 6.97. The van der Waals surface area contributed by atoms with Gasteiger partial charge >= 0.3 is 0 Å². The molecule has 1 heteroatoms. The first-order valence-electron chi connectivity index (χ1n) is 4.14. The van der Waals surface area contributed by atoms with E-state index in [4.69, 9.17) is 4.74 Å². The highest BCUT2D eigenvalue weighted by Gasteiger charge is 2.36. The van der Waals surface area contributed by atoms with Crippen LogP contribution >= 0.6 is 0 Å². The molecule has 0 aromatic heterocycles. The van der Waals surface area contributed by atoms with Gasteiger partial charge in [0.15, 0.2) is 0 Å². The van der Waals surface area contributed by atoms with Crippen LogP contribution in [-0.4, -0.2) is 7.11 Å². The van der Waals surface area contributed by atoms with Gasteiger partial charge in [-0.15, -0.1) is 0 Å². The van der Waals surface area contributed by atoms with Gasteiger partial charge in [-0.05, 0) is 43.1 Å². The lowest BCUT2D eigenvalue weighted by Crippen LogP contribution is -1.88. The van der Waals surface area contributed by atoms with E-state index in [1.165, 1.54) is 25.7 Å². The molecule has 2 fully saturated rings. The van der Waals surface area contributed by atoms with Crippen molar-refractivity contribution in [1.29, 1.82) is 0 Å². The summed E-state index contributed by atoms with van der Waals surface area (Å²) in [6.45, 7) is 0. The SMILES string of the molecule is COC=C(C1CC1)C1CC1. The molecule has 2 saturated carbocycles. The Kier molecular flexibility index (Phi) is 1.44. The Morgan fingerprint density at radius 1 is 1.20 bits per heavy atom. The number of hydrogen-bond acceptors (Lipinski definition) is 1. The second-order valence-corrected chi connectivity index (χ2v) is 3.40. The van der Waals surface area contributed by atoms with Crippen molar-refractivity contribution in [1.82, 2.24) is 0 Å². The predicted molar refractivity (Wildman–Crippen MR) is 40.5 cm³/mol. The minimum atomic E-state index is 0.910. The van der Waals surface area contributed by atoms with Crippen molar-refractivity contribution in [2.24, 2.45) is 11.8 Å². The topological polar surface area (TPSA) is 9.23 Å². The molecule has 2 rings (SSSR count). The number of hydrogen-bond donors (Lipinski definition) is 0. The van der Waals surface area contributed by atoms with Crippen molar-refractivity contribution in [3.8, 4) is 0 Å². The normalized spacial score (nSPS) is 24.1. The molecule has 0 atom stereocenters. The van der Waals surface area contributed by atoms with E-state index in [-0.39, 0.29) is 0 Å². The molecule has 0 aromatic rings. The van der Waals surface area contributed by atoms with Gasteiger partial charge in [-0.1, -0.05) is 0 Å². The van der Waals surface area contributed by atoms with Crippen LogP contribution in [0.5, 0.6) is 0 Å². The van der Waals surface area contributed by atoms with Crippen molar-refractivity contribution in [3.63, 3.8) is 0 Å². The van der Waals surface area contributed by atoms with Crippen LogP contribution in [0.15, 0.2) is 11.8 Å². The molecule has 0 amide bonds. The standard InChI is InChI=1S/C9H14O/c1-10-6-9(7-2-3-7)8-4-5-8/h6-8H,2-5H2,1H3. The number of ether oxygens (including phenoxy) is 1. The summed E-state index contributed by atoms with van der Waals surface area (Å²) in [4.78, 5) is 0. The highest BCUT2D eigenvalue weighted by molar-refractivity contribution is 5.18. The first-order chi connectivity index (χ1) is 4.92. The molecule has 0 N–H and O–H groups in total. The molecule has 0 spiro atoms. The molecular weight excluding hydrogens is 124 g/mol. The first-order valence-corrected chi connectivity index (χ1v) is 4.14. The van der Waals surface area contributed by atoms with Gasteiger partial charge in [-0.3, -0.25) is 0 Å². The zero-order valence-corrected chi connectivity index (χ0v) is 6.47. The minimum Gasteiger partial charge on any atom is -0.504 e. The maximum Gasteiger partial charge on any atom is 0.0822 e. The van der Waals surface area contributed by atoms with Crippen molar-refractivity contribution in [2.75, 3.05) is 7.11 Å². The molecule has 0 aromatic carbocycles. The monoisotopic (exact) mass is 138 g/mol. The van der Waals surface area contributed by atoms with Gasteiger partial charge in [-0.2, -0.15) is 0 Å². The van der Waals surface area contributed by atoms with Gasteiger partial charge in [0.25, 0.3) is 0 Å². The number of allylic oxidation sites excluding steroid dienone is 1. The third-order valence-electron chi connectivity index (χ3n) is 2.35. The van der Waals surface area contributed by atoms with Gasteiger partial charge in [0.1, 0.15) is 0 Å². The Hall–Kier alpha value is -0.460. The fourth-order valence-corrected chi connectivity index (χ4v) is 1.50. The van der Waals surface area contributed by atoms with E-state index in [1.807, 2.05) is 6.26 Å². The molecule has 0 heterocycles. The smallest absolute Gasteiger partial charge is 0.0822 e. The second-order valence-electron chi connectivity index (χ2n) is 3.40. The van der Waals surface area contributed by atoms with Gasteiger partial charge in [0.2, 0.25) is 0 Å². The molecule has 1 nitrogen and oxygen atoms in total. The largest absolute Gasteiger partial charge is 0.504 e. The third-order valence-corrected chi connectivity index (χ3v) is 2.35. The van der Waals surface area contributed by atoms with Gasteiger partial charge in [0, 0.05) is 0 Å². The van der Waals surface area contributed by atoms with Gasteiger partial charge in [-0.25, -0.2) is 0 Å². The Morgan fingerprint density at radius 2 is 1.70 bits per heavy atom. The van der Waals surface area contributed by atoms with Crippen LogP contribution in [0.4, 0.5) is 0 Å². The predicted octanol–water partition coefficient (Wildman–Crippen LogP) is 2.34. The summed E-state index contributed by atoms with van der Waals surface area (Å²) in [7, 11) is 1.75. The number of rotatable bonds is 3. The van der Waals surface area contributed by atoms with Crippen molar-refractivity contribution in [2.45, 2.75) is 25.7 Å². The average molecular weight is 138 g/mol. The minimum absolute atomic E-state index is 0.910. The van der Waals surface area contributed by atoms with Crippen LogP contribution in [-0.2, 0) is 4.74 Å². The van der Waals surface area contributed by atoms with Crippen LogP contribution in [0.25, 0.3) is 0 Å². The van der Waals surface area contributed by atoms with E-state index in [0.29, 0.717) is 0 Å². The fraction of sp³-hybridized carbons (Fsp3) is 0.778. The highest BCUT2D eigenvalue weighted by atomic mass is 16.5. The summed E-state index contributed by atoms with van der Waals surface area (Å²) < 4.78 is 5.04. The molecule has 56 valence electrons. The van der Waals surface area contributed by atoms with Crippen molar-refractivity contribution >= 4 is 0 Å². The van der Waals surface area contributed by atoms with Crippen LogP contribution in [0.3, 0.4) is 0 Å². The molecular formula is C9H14O. The lowest BCUT2D eigenvalue weighted by atomic mass is 10.1. The molecule has 2 aliphatic rings. The molecule has 0 radical (unpaired) electrons. The Balaban J connectivity index is 1.98. The number of methoxy groups -OCH3 is 1. The maximum atomic E-state index is 5.04. The molecule has 0 saturated heterocycles. The molecule has 0 aliphatic heterocycles. The third kappa shape index (κ3) is 1.18. The summed E-state index contributed by atoms with van der Waals surface area (Å²) >= 11 is 0. The van der Waals surface area contributed by atoms with E-state index in [1.54, 1.807) is 12.7 Å². The van der Waals surface area contributed by atoms with E-state index in [0.717, 1.165) is 11.8 Å². The van der Waals surface area contributed by atoms with E-state index < -0.39 is 0 Å². The summed E-state index contributed by atoms with van der Waals surface area (Å²) in [5.41, 5.74) is 1.60. The summed E-state index contributed by atoms with van der Waals surface area (Å²) in [6.07, 6.45) is 7.62. The molecule has 2 aliphatic carbocycles. The van der Waals surface area contributed by atoms with Crippen molar-refractivity contribution < 1.29 is 4.74 Å². The van der Waals surface area contributed by atoms with E-state index in [9.17, 15) is 0 Å². The summed E-state index contributed by atoms with van der Waals surface area (Å²) in [5.74, 6) is 1.82. The Labute approximate surface area is 62.1 Å². The van der Waals surface area contributed by atoms with E-state index in [2.05, 4.69) is 0 Å². The van der Waals surface area contributed by atoms with E-state index >= 15 is 0 Å². The fourth-order valence-electron chi connectivity index (χ4n) is 1.50. The van der Waals surface area contributed by atoms with Crippen LogP contribution in [0, 0.1) is 11.8 Å². The highest BCUT2D eigenvalue weighted by Crippen LogP contribution is 2.48. The molecule has 10 heavy (non-hydrogen) atoms. The average Bonchev–Trinajstić information content (AvgIpc) is 2.77. The molecule has 0 unspecified atom stereocenters. The second kappa shape index (κ2) is 2.30. The molecule has 0 bridgehead atoms. The Morgan fingerprint density at radius 3 is 2.00 bits per heavy atom. The lowest BCUT2D eigenvalue weighted by Gasteiger charge is -2.00. The first kappa shape index (κ1) is 6.26. The zero-order valence-electron chi connectivity index (χ0n) is 6.47. The van der Waals surface area contributed by atoms with Gasteiger partial charge < -0.3 is 4.74 Å². The Bertz CT molecular complexity index is 138. The summed E-state index contributed by atoms with van der Waals surface area (Å²) in [5, 5.41) is 0. The van der Waals surface area contributed by atoms with Gasteiger partial charge in [0.05, 0.1) is 13.4 Å². The van der Waals surface area contributed by atoms with Crippen LogP contribution in [0.2, 0.25) is 0 Å². The van der Waals surface area contributed by atoms with Crippen molar-refractivity contribution in [3.05, 3.63) is 11.8 Å². The maximum absolute atomic E-state index is 5.04. The van der Waals surface area contributed by atoms with Crippen LogP contribution in [0.1, 0.15) is 25.7 Å².